The molecule has 4 rings (SSSR count). The van der Waals surface area contributed by atoms with E-state index in [9.17, 15) is 14.4 Å². The molecule has 1 saturated heterocycles. The Morgan fingerprint density at radius 1 is 1.37 bits per heavy atom. The van der Waals surface area contributed by atoms with Crippen LogP contribution in [-0.2, 0) is 24.7 Å². The standard InChI is InChI=1S/C18H19N3O5S/c1-9-5-6-11-10(7-9)18(14(23)19-11)12(20-15(26-18)27-4)13(22)21-16(24)25-8-17(21,2)3/h5-7,12H,8H2,1-4H3,(H,19,23)/t12-,18-/m0/s1. The van der Waals surface area contributed by atoms with Gasteiger partial charge in [-0.3, -0.25) is 9.59 Å². The highest BCUT2D eigenvalue weighted by atomic mass is 32.2. The van der Waals surface area contributed by atoms with Crippen LogP contribution in [0.4, 0.5) is 10.5 Å². The van der Waals surface area contributed by atoms with Crippen LogP contribution in [0.15, 0.2) is 23.2 Å². The van der Waals surface area contributed by atoms with Gasteiger partial charge < -0.3 is 14.8 Å². The zero-order chi connectivity index (χ0) is 19.6. The zero-order valence-corrected chi connectivity index (χ0v) is 16.2. The van der Waals surface area contributed by atoms with Crippen molar-refractivity contribution in [1.82, 2.24) is 4.90 Å². The Kier molecular flexibility index (Phi) is 3.78. The van der Waals surface area contributed by atoms with E-state index in [2.05, 4.69) is 10.3 Å². The Morgan fingerprint density at radius 3 is 2.74 bits per heavy atom. The number of cyclic esters (lactones) is 1. The van der Waals surface area contributed by atoms with Gasteiger partial charge in [-0.05, 0) is 39.2 Å². The lowest BCUT2D eigenvalue weighted by Crippen LogP contribution is -2.56. The van der Waals surface area contributed by atoms with Gasteiger partial charge in [-0.1, -0.05) is 23.4 Å². The van der Waals surface area contributed by atoms with Crippen molar-refractivity contribution in [2.24, 2.45) is 4.99 Å². The first-order valence-corrected chi connectivity index (χ1v) is 9.67. The molecule has 3 aliphatic heterocycles. The predicted molar refractivity (Wildman–Crippen MR) is 99.6 cm³/mol. The molecule has 27 heavy (non-hydrogen) atoms. The van der Waals surface area contributed by atoms with E-state index in [1.165, 1.54) is 11.8 Å². The maximum atomic E-state index is 13.4. The quantitative estimate of drug-likeness (QED) is 0.789. The topological polar surface area (TPSA) is 97.3 Å². The van der Waals surface area contributed by atoms with Crippen molar-refractivity contribution in [3.8, 4) is 0 Å². The third kappa shape index (κ3) is 2.37. The second-order valence-electron chi connectivity index (χ2n) is 7.38. The lowest BCUT2D eigenvalue weighted by atomic mass is 9.85. The number of hydrogen-bond donors (Lipinski definition) is 1. The molecule has 2 atom stereocenters. The fourth-order valence-electron chi connectivity index (χ4n) is 3.65. The summed E-state index contributed by atoms with van der Waals surface area (Å²) in [6.07, 6.45) is 1.01. The number of rotatable bonds is 1. The molecule has 0 aromatic heterocycles. The first kappa shape index (κ1) is 17.8. The van der Waals surface area contributed by atoms with Gasteiger partial charge in [0, 0.05) is 11.3 Å². The van der Waals surface area contributed by atoms with Gasteiger partial charge in [0.2, 0.25) is 10.8 Å². The number of ether oxygens (including phenoxy) is 2. The molecule has 3 amide bonds. The first-order chi connectivity index (χ1) is 12.7. The smallest absolute Gasteiger partial charge is 0.417 e. The molecule has 0 aliphatic carbocycles. The third-order valence-electron chi connectivity index (χ3n) is 4.99. The van der Waals surface area contributed by atoms with Gasteiger partial charge in [0.05, 0.1) is 5.54 Å². The molecule has 1 N–H and O–H groups in total. The molecule has 0 radical (unpaired) electrons. The summed E-state index contributed by atoms with van der Waals surface area (Å²) in [7, 11) is 0. The molecule has 142 valence electrons. The van der Waals surface area contributed by atoms with Crippen molar-refractivity contribution < 1.29 is 23.9 Å². The summed E-state index contributed by atoms with van der Waals surface area (Å²) in [4.78, 5) is 44.0. The number of aliphatic imine (C=N–C) groups is 1. The van der Waals surface area contributed by atoms with E-state index in [-0.39, 0.29) is 11.8 Å². The van der Waals surface area contributed by atoms with Crippen LogP contribution in [0.2, 0.25) is 0 Å². The summed E-state index contributed by atoms with van der Waals surface area (Å²) in [5, 5.41) is 3.00. The van der Waals surface area contributed by atoms with E-state index >= 15 is 0 Å². The van der Waals surface area contributed by atoms with Crippen molar-refractivity contribution in [3.63, 3.8) is 0 Å². The Bertz CT molecular complexity index is 912. The predicted octanol–water partition coefficient (Wildman–Crippen LogP) is 2.02. The van der Waals surface area contributed by atoms with Gasteiger partial charge in [-0.2, -0.15) is 0 Å². The zero-order valence-electron chi connectivity index (χ0n) is 15.4. The molecule has 1 aromatic carbocycles. The number of imide groups is 1. The van der Waals surface area contributed by atoms with E-state index < -0.39 is 35.1 Å². The molecule has 0 bridgehead atoms. The number of nitrogens with one attached hydrogen (secondary N) is 1. The SMILES string of the molecule is CSC1=N[C@@H](C(=O)N2C(=O)OCC2(C)C)[C@]2(O1)C(=O)Nc1ccc(C)cc12. The minimum Gasteiger partial charge on any atom is -0.448 e. The molecule has 1 aromatic rings. The second-order valence-corrected chi connectivity index (χ2v) is 8.14. The molecule has 1 fully saturated rings. The minimum atomic E-state index is -1.63. The molecule has 8 nitrogen and oxygen atoms in total. The largest absolute Gasteiger partial charge is 0.448 e. The molecule has 3 heterocycles. The van der Waals surface area contributed by atoms with Crippen molar-refractivity contribution in [3.05, 3.63) is 29.3 Å². The number of thioether (sulfide) groups is 1. The molecule has 0 unspecified atom stereocenters. The van der Waals surface area contributed by atoms with E-state index in [4.69, 9.17) is 9.47 Å². The lowest BCUT2D eigenvalue weighted by Gasteiger charge is -2.32. The molecule has 9 heteroatoms. The van der Waals surface area contributed by atoms with Crippen LogP contribution < -0.4 is 5.32 Å². The Balaban J connectivity index is 1.85. The molecular formula is C18H19N3O5S. The van der Waals surface area contributed by atoms with Crippen LogP contribution in [0.1, 0.15) is 25.0 Å². The average molecular weight is 389 g/mol. The maximum absolute atomic E-state index is 13.4. The molecule has 3 aliphatic rings. The summed E-state index contributed by atoms with van der Waals surface area (Å²) >= 11 is 1.20. The Morgan fingerprint density at radius 2 is 2.11 bits per heavy atom. The lowest BCUT2D eigenvalue weighted by molar-refractivity contribution is -0.144. The van der Waals surface area contributed by atoms with Gasteiger partial charge in [-0.25, -0.2) is 14.7 Å². The van der Waals surface area contributed by atoms with E-state index in [1.54, 1.807) is 32.2 Å². The molecule has 1 spiro atoms. The normalized spacial score (nSPS) is 27.9. The minimum absolute atomic E-state index is 0.0825. The second kappa shape index (κ2) is 5.72. The molecule has 0 saturated carbocycles. The summed E-state index contributed by atoms with van der Waals surface area (Å²) < 4.78 is 11.0. The Hall–Kier alpha value is -2.55. The van der Waals surface area contributed by atoms with Gasteiger partial charge >= 0.3 is 6.09 Å². The molecular weight excluding hydrogens is 370 g/mol. The number of hydrogen-bond acceptors (Lipinski definition) is 7. The number of aryl methyl sites for hydroxylation is 1. The highest BCUT2D eigenvalue weighted by molar-refractivity contribution is 8.13. The summed E-state index contributed by atoms with van der Waals surface area (Å²) in [5.74, 6) is -1.09. The van der Waals surface area contributed by atoms with Crippen LogP contribution in [0, 0.1) is 6.92 Å². The van der Waals surface area contributed by atoms with Gasteiger partial charge in [0.15, 0.2) is 6.04 Å². The van der Waals surface area contributed by atoms with Gasteiger partial charge in [0.25, 0.3) is 11.8 Å². The van der Waals surface area contributed by atoms with E-state index in [1.807, 2.05) is 13.0 Å². The number of fused-ring (bicyclic) bond motifs is 2. The fraction of sp³-hybridized carbons (Fsp3) is 0.444. The number of nitrogens with zero attached hydrogens (tertiary/aromatic N) is 2. The maximum Gasteiger partial charge on any atom is 0.417 e. The summed E-state index contributed by atoms with van der Waals surface area (Å²) in [6, 6.07) is 4.22. The van der Waals surface area contributed by atoms with Crippen molar-refractivity contribution in [2.45, 2.75) is 38.0 Å². The van der Waals surface area contributed by atoms with Crippen LogP contribution in [0.5, 0.6) is 0 Å². The van der Waals surface area contributed by atoms with Crippen LogP contribution >= 0.6 is 11.8 Å². The fourth-order valence-corrected chi connectivity index (χ4v) is 4.08. The van der Waals surface area contributed by atoms with Crippen LogP contribution in [-0.4, -0.2) is 52.5 Å². The van der Waals surface area contributed by atoms with Crippen molar-refractivity contribution >= 4 is 40.6 Å². The number of amides is 3. The number of benzene rings is 1. The van der Waals surface area contributed by atoms with E-state index in [0.29, 0.717) is 11.3 Å². The monoisotopic (exact) mass is 389 g/mol. The first-order valence-electron chi connectivity index (χ1n) is 8.45. The number of carbonyl (C=O) groups is 3. The van der Waals surface area contributed by atoms with Gasteiger partial charge in [0.1, 0.15) is 6.61 Å². The number of carbonyl (C=O) groups excluding carboxylic acids is 3. The summed E-state index contributed by atoms with van der Waals surface area (Å²) in [5.41, 5.74) is -0.432. The van der Waals surface area contributed by atoms with E-state index in [0.717, 1.165) is 10.5 Å². The Labute approximate surface area is 160 Å². The summed E-state index contributed by atoms with van der Waals surface area (Å²) in [6.45, 7) is 5.42. The van der Waals surface area contributed by atoms with Crippen molar-refractivity contribution in [1.29, 1.82) is 0 Å². The third-order valence-corrected chi connectivity index (χ3v) is 5.53. The highest BCUT2D eigenvalue weighted by Gasteiger charge is 2.64. The van der Waals surface area contributed by atoms with Crippen LogP contribution in [0.3, 0.4) is 0 Å². The highest BCUT2D eigenvalue weighted by Crippen LogP contribution is 2.48. The van der Waals surface area contributed by atoms with Crippen molar-refractivity contribution in [2.75, 3.05) is 18.2 Å². The van der Waals surface area contributed by atoms with Crippen LogP contribution in [0.25, 0.3) is 0 Å². The average Bonchev–Trinajstić information content (AvgIpc) is 3.22. The van der Waals surface area contributed by atoms with Gasteiger partial charge in [-0.15, -0.1) is 0 Å². The number of anilines is 1.